The minimum atomic E-state index is -0.136. The van der Waals surface area contributed by atoms with E-state index in [0.29, 0.717) is 6.54 Å². The van der Waals surface area contributed by atoms with E-state index >= 15 is 0 Å². The molecular formula is C13H19NO3. The second-order valence-electron chi connectivity index (χ2n) is 3.82. The Bertz CT molecular complexity index is 365. The summed E-state index contributed by atoms with van der Waals surface area (Å²) in [5.74, 6) is -0.136. The molecular weight excluding hydrogens is 218 g/mol. The number of hydrogen-bond acceptors (Lipinski definition) is 3. The number of ether oxygens (including phenoxy) is 2. The van der Waals surface area contributed by atoms with Crippen LogP contribution in [-0.2, 0) is 14.3 Å². The molecule has 1 atom stereocenters. The first-order valence-corrected chi connectivity index (χ1v) is 5.53. The van der Waals surface area contributed by atoms with Crippen molar-refractivity contribution in [1.82, 2.24) is 5.32 Å². The van der Waals surface area contributed by atoms with Gasteiger partial charge in [-0.15, -0.1) is 0 Å². The van der Waals surface area contributed by atoms with Crippen LogP contribution in [0.1, 0.15) is 17.2 Å². The van der Waals surface area contributed by atoms with Crippen molar-refractivity contribution in [1.29, 1.82) is 0 Å². The number of aryl methyl sites for hydroxylation is 1. The fourth-order valence-electron chi connectivity index (χ4n) is 1.66. The fraction of sp³-hybridized carbons (Fsp3) is 0.462. The number of hydrogen-bond donors (Lipinski definition) is 1. The van der Waals surface area contributed by atoms with Crippen molar-refractivity contribution in [3.63, 3.8) is 0 Å². The van der Waals surface area contributed by atoms with Gasteiger partial charge in [-0.3, -0.25) is 4.79 Å². The molecule has 4 nitrogen and oxygen atoms in total. The van der Waals surface area contributed by atoms with E-state index in [1.807, 2.05) is 31.2 Å². The van der Waals surface area contributed by atoms with Gasteiger partial charge < -0.3 is 14.8 Å². The van der Waals surface area contributed by atoms with Crippen molar-refractivity contribution in [2.24, 2.45) is 0 Å². The number of benzene rings is 1. The Hall–Kier alpha value is -1.39. The van der Waals surface area contributed by atoms with Crippen molar-refractivity contribution in [2.75, 3.05) is 27.4 Å². The second-order valence-corrected chi connectivity index (χ2v) is 3.82. The van der Waals surface area contributed by atoms with Gasteiger partial charge in [0.05, 0.1) is 6.10 Å². The fourth-order valence-corrected chi connectivity index (χ4v) is 1.66. The molecule has 0 aliphatic heterocycles. The van der Waals surface area contributed by atoms with Gasteiger partial charge in [0, 0.05) is 20.8 Å². The Morgan fingerprint density at radius 2 is 2.06 bits per heavy atom. The summed E-state index contributed by atoms with van der Waals surface area (Å²) in [6, 6.07) is 7.98. The quantitative estimate of drug-likeness (QED) is 0.814. The Morgan fingerprint density at radius 1 is 1.35 bits per heavy atom. The molecule has 0 saturated carbocycles. The van der Waals surface area contributed by atoms with Crippen molar-refractivity contribution >= 4 is 5.91 Å². The zero-order valence-corrected chi connectivity index (χ0v) is 10.5. The standard InChI is InChI=1S/C13H19NO3/c1-10-6-4-5-7-11(10)12(17-3)8-14-13(15)9-16-2/h4-7,12H,8-9H2,1-3H3,(H,14,15)/t12-/m0/s1. The molecule has 1 amide bonds. The van der Waals surface area contributed by atoms with Crippen molar-refractivity contribution in [3.8, 4) is 0 Å². The van der Waals surface area contributed by atoms with Crippen LogP contribution in [0.3, 0.4) is 0 Å². The molecule has 0 aliphatic carbocycles. The van der Waals surface area contributed by atoms with Crippen LogP contribution in [0.2, 0.25) is 0 Å². The predicted molar refractivity (Wildman–Crippen MR) is 65.8 cm³/mol. The first-order chi connectivity index (χ1) is 8.19. The van der Waals surface area contributed by atoms with E-state index in [9.17, 15) is 4.79 Å². The van der Waals surface area contributed by atoms with Crippen LogP contribution in [0.25, 0.3) is 0 Å². The van der Waals surface area contributed by atoms with E-state index in [1.165, 1.54) is 7.11 Å². The first-order valence-electron chi connectivity index (χ1n) is 5.53. The van der Waals surface area contributed by atoms with Crippen molar-refractivity contribution < 1.29 is 14.3 Å². The van der Waals surface area contributed by atoms with E-state index in [2.05, 4.69) is 5.32 Å². The molecule has 4 heteroatoms. The lowest BCUT2D eigenvalue weighted by Gasteiger charge is -2.18. The largest absolute Gasteiger partial charge is 0.375 e. The highest BCUT2D eigenvalue weighted by atomic mass is 16.5. The number of nitrogens with one attached hydrogen (secondary N) is 1. The van der Waals surface area contributed by atoms with Crippen molar-refractivity contribution in [3.05, 3.63) is 35.4 Å². The topological polar surface area (TPSA) is 47.6 Å². The smallest absolute Gasteiger partial charge is 0.246 e. The van der Waals surface area contributed by atoms with Crippen LogP contribution >= 0.6 is 0 Å². The van der Waals surface area contributed by atoms with E-state index in [4.69, 9.17) is 9.47 Å². The zero-order valence-electron chi connectivity index (χ0n) is 10.5. The van der Waals surface area contributed by atoms with Crippen LogP contribution in [0, 0.1) is 6.92 Å². The third-order valence-electron chi connectivity index (χ3n) is 2.58. The maximum Gasteiger partial charge on any atom is 0.246 e. The molecule has 0 fully saturated rings. The average Bonchev–Trinajstić information content (AvgIpc) is 2.32. The SMILES string of the molecule is COCC(=O)NC[C@H](OC)c1ccccc1C. The van der Waals surface area contributed by atoms with Crippen LogP contribution in [0.5, 0.6) is 0 Å². The molecule has 0 radical (unpaired) electrons. The predicted octanol–water partition coefficient (Wildman–Crippen LogP) is 1.45. The van der Waals surface area contributed by atoms with E-state index in [-0.39, 0.29) is 18.6 Å². The Kier molecular flexibility index (Phi) is 5.66. The summed E-state index contributed by atoms with van der Waals surface area (Å²) in [6.07, 6.45) is -0.128. The summed E-state index contributed by atoms with van der Waals surface area (Å²) in [5, 5.41) is 2.77. The van der Waals surface area contributed by atoms with Crippen LogP contribution in [0.4, 0.5) is 0 Å². The van der Waals surface area contributed by atoms with E-state index in [0.717, 1.165) is 11.1 Å². The summed E-state index contributed by atoms with van der Waals surface area (Å²) in [6.45, 7) is 2.55. The number of amides is 1. The van der Waals surface area contributed by atoms with Gasteiger partial charge in [-0.05, 0) is 18.1 Å². The Morgan fingerprint density at radius 3 is 2.65 bits per heavy atom. The molecule has 0 heterocycles. The average molecular weight is 237 g/mol. The molecule has 0 unspecified atom stereocenters. The highest BCUT2D eigenvalue weighted by molar-refractivity contribution is 5.77. The lowest BCUT2D eigenvalue weighted by molar-refractivity contribution is -0.125. The van der Waals surface area contributed by atoms with Crippen LogP contribution in [-0.4, -0.2) is 33.3 Å². The molecule has 0 aliphatic rings. The number of methoxy groups -OCH3 is 2. The highest BCUT2D eigenvalue weighted by Crippen LogP contribution is 2.19. The number of rotatable bonds is 6. The summed E-state index contributed by atoms with van der Waals surface area (Å²) in [5.41, 5.74) is 2.24. The molecule has 0 spiro atoms. The maximum atomic E-state index is 11.3. The van der Waals surface area contributed by atoms with Gasteiger partial charge in [-0.25, -0.2) is 0 Å². The lowest BCUT2D eigenvalue weighted by Crippen LogP contribution is -2.31. The monoisotopic (exact) mass is 237 g/mol. The Balaban J connectivity index is 2.60. The third-order valence-corrected chi connectivity index (χ3v) is 2.58. The van der Waals surface area contributed by atoms with Gasteiger partial charge in [0.25, 0.3) is 0 Å². The number of carbonyl (C=O) groups excluding carboxylic acids is 1. The molecule has 1 N–H and O–H groups in total. The van der Waals surface area contributed by atoms with Gasteiger partial charge in [0.1, 0.15) is 6.61 Å². The van der Waals surface area contributed by atoms with E-state index < -0.39 is 0 Å². The molecule has 0 aromatic heterocycles. The molecule has 0 saturated heterocycles. The molecule has 0 bridgehead atoms. The second kappa shape index (κ2) is 7.04. The van der Waals surface area contributed by atoms with Crippen LogP contribution < -0.4 is 5.32 Å². The molecule has 1 aromatic carbocycles. The van der Waals surface area contributed by atoms with Gasteiger partial charge in [-0.2, -0.15) is 0 Å². The van der Waals surface area contributed by atoms with Crippen molar-refractivity contribution in [2.45, 2.75) is 13.0 Å². The maximum absolute atomic E-state index is 11.3. The summed E-state index contributed by atoms with van der Waals surface area (Å²) in [7, 11) is 3.13. The summed E-state index contributed by atoms with van der Waals surface area (Å²) in [4.78, 5) is 11.3. The van der Waals surface area contributed by atoms with Crippen LogP contribution in [0.15, 0.2) is 24.3 Å². The molecule has 17 heavy (non-hydrogen) atoms. The normalized spacial score (nSPS) is 12.2. The minimum absolute atomic E-state index is 0.0736. The van der Waals surface area contributed by atoms with Gasteiger partial charge in [0.15, 0.2) is 0 Å². The molecule has 94 valence electrons. The first kappa shape index (κ1) is 13.7. The summed E-state index contributed by atoms with van der Waals surface area (Å²) < 4.78 is 10.1. The Labute approximate surface area is 102 Å². The van der Waals surface area contributed by atoms with Gasteiger partial charge in [-0.1, -0.05) is 24.3 Å². The highest BCUT2D eigenvalue weighted by Gasteiger charge is 2.13. The zero-order chi connectivity index (χ0) is 12.7. The minimum Gasteiger partial charge on any atom is -0.375 e. The third kappa shape index (κ3) is 4.17. The summed E-state index contributed by atoms with van der Waals surface area (Å²) >= 11 is 0. The van der Waals surface area contributed by atoms with Gasteiger partial charge >= 0.3 is 0 Å². The molecule has 1 aromatic rings. The lowest BCUT2D eigenvalue weighted by atomic mass is 10.0. The van der Waals surface area contributed by atoms with Gasteiger partial charge in [0.2, 0.25) is 5.91 Å². The molecule has 1 rings (SSSR count). The number of carbonyl (C=O) groups is 1. The van der Waals surface area contributed by atoms with E-state index in [1.54, 1.807) is 7.11 Å².